The van der Waals surface area contributed by atoms with Crippen LogP contribution < -0.4 is 5.32 Å². The lowest BCUT2D eigenvalue weighted by Gasteiger charge is -2.38. The first-order valence-electron chi connectivity index (χ1n) is 9.37. The summed E-state index contributed by atoms with van der Waals surface area (Å²) in [7, 11) is 0. The van der Waals surface area contributed by atoms with Crippen molar-refractivity contribution in [2.45, 2.75) is 24.7 Å². The number of carbonyl (C=O) groups is 1. The molecule has 0 atom stereocenters. The molecule has 1 aliphatic rings. The maximum absolute atomic E-state index is 12.8. The summed E-state index contributed by atoms with van der Waals surface area (Å²) >= 11 is 6.02. The van der Waals surface area contributed by atoms with E-state index in [9.17, 15) is 13.6 Å². The molecule has 3 aromatic rings. The number of imidazole rings is 1. The molecule has 0 saturated carbocycles. The summed E-state index contributed by atoms with van der Waals surface area (Å²) in [5.74, 6) is -0.665. The van der Waals surface area contributed by atoms with Crippen molar-refractivity contribution >= 4 is 28.5 Å². The average Bonchev–Trinajstić information content (AvgIpc) is 3.17. The fourth-order valence-electron chi connectivity index (χ4n) is 3.76. The number of nitrogens with one attached hydrogen (secondary N) is 2. The van der Waals surface area contributed by atoms with E-state index in [1.54, 1.807) is 18.2 Å². The van der Waals surface area contributed by atoms with Gasteiger partial charge in [-0.15, -0.1) is 0 Å². The highest BCUT2D eigenvalue weighted by Crippen LogP contribution is 2.35. The maximum atomic E-state index is 12.8. The molecule has 1 fully saturated rings. The number of alkyl halides is 2. The van der Waals surface area contributed by atoms with Crippen LogP contribution in [-0.2, 0) is 10.2 Å². The van der Waals surface area contributed by atoms with E-state index in [0.717, 1.165) is 18.4 Å². The van der Waals surface area contributed by atoms with E-state index in [4.69, 9.17) is 16.3 Å². The Morgan fingerprint density at radius 2 is 1.93 bits per heavy atom. The van der Waals surface area contributed by atoms with E-state index in [1.165, 1.54) is 0 Å². The van der Waals surface area contributed by atoms with Crippen LogP contribution in [0.5, 0.6) is 0 Å². The molecule has 5 nitrogen and oxygen atoms in total. The van der Waals surface area contributed by atoms with Crippen LogP contribution >= 0.6 is 11.6 Å². The normalized spacial score (nSPS) is 16.3. The van der Waals surface area contributed by atoms with Gasteiger partial charge in [-0.1, -0.05) is 23.7 Å². The highest BCUT2D eigenvalue weighted by atomic mass is 35.5. The zero-order valence-corrected chi connectivity index (χ0v) is 16.3. The smallest absolute Gasteiger partial charge is 0.295 e. The second-order valence-corrected chi connectivity index (χ2v) is 7.67. The summed E-state index contributed by atoms with van der Waals surface area (Å²) in [6.45, 7) is 1.68. The van der Waals surface area contributed by atoms with Crippen LogP contribution in [0.4, 0.5) is 8.78 Å². The van der Waals surface area contributed by atoms with Crippen molar-refractivity contribution in [3.63, 3.8) is 0 Å². The van der Waals surface area contributed by atoms with Gasteiger partial charge in [-0.05, 0) is 48.7 Å². The molecule has 1 aromatic heterocycles. The molecule has 152 valence electrons. The molecule has 1 saturated heterocycles. The van der Waals surface area contributed by atoms with E-state index >= 15 is 0 Å². The van der Waals surface area contributed by atoms with Gasteiger partial charge in [0, 0.05) is 35.8 Å². The quantitative estimate of drug-likeness (QED) is 0.633. The maximum Gasteiger partial charge on any atom is 0.295 e. The van der Waals surface area contributed by atoms with Crippen molar-refractivity contribution < 1.29 is 18.3 Å². The molecule has 2 N–H and O–H groups in total. The first-order chi connectivity index (χ1) is 14.0. The number of aromatic amines is 1. The molecule has 4 rings (SSSR count). The highest BCUT2D eigenvalue weighted by molar-refractivity contribution is 6.30. The Labute approximate surface area is 171 Å². The van der Waals surface area contributed by atoms with Gasteiger partial charge in [0.25, 0.3) is 12.3 Å². The molecule has 29 heavy (non-hydrogen) atoms. The van der Waals surface area contributed by atoms with Gasteiger partial charge in [0.2, 0.25) is 0 Å². The first-order valence-corrected chi connectivity index (χ1v) is 9.74. The van der Waals surface area contributed by atoms with Crippen LogP contribution in [0.15, 0.2) is 42.5 Å². The van der Waals surface area contributed by atoms with Gasteiger partial charge in [-0.3, -0.25) is 4.79 Å². The minimum absolute atomic E-state index is 0.237. The van der Waals surface area contributed by atoms with E-state index < -0.39 is 12.2 Å². The van der Waals surface area contributed by atoms with Crippen molar-refractivity contribution in [2.24, 2.45) is 0 Å². The lowest BCUT2D eigenvalue weighted by molar-refractivity contribution is 0.0487. The van der Waals surface area contributed by atoms with Crippen molar-refractivity contribution in [3.8, 4) is 0 Å². The summed E-state index contributed by atoms with van der Waals surface area (Å²) in [4.78, 5) is 19.1. The number of benzene rings is 2. The third kappa shape index (κ3) is 4.11. The molecule has 0 aliphatic carbocycles. The fourth-order valence-corrected chi connectivity index (χ4v) is 3.88. The van der Waals surface area contributed by atoms with Crippen molar-refractivity contribution in [1.29, 1.82) is 0 Å². The number of hydrogen-bond donors (Lipinski definition) is 2. The van der Waals surface area contributed by atoms with Gasteiger partial charge in [0.05, 0.1) is 11.0 Å². The van der Waals surface area contributed by atoms with Crippen LogP contribution in [0, 0.1) is 0 Å². The molecule has 0 unspecified atom stereocenters. The Morgan fingerprint density at radius 3 is 2.62 bits per heavy atom. The van der Waals surface area contributed by atoms with Gasteiger partial charge >= 0.3 is 0 Å². The van der Waals surface area contributed by atoms with Crippen molar-refractivity contribution in [1.82, 2.24) is 15.3 Å². The summed E-state index contributed by atoms with van der Waals surface area (Å²) in [6, 6.07) is 12.4. The zero-order chi connectivity index (χ0) is 20.4. The van der Waals surface area contributed by atoms with E-state index in [1.807, 2.05) is 24.3 Å². The molecule has 2 aromatic carbocycles. The lowest BCUT2D eigenvalue weighted by atomic mass is 9.74. The molecular formula is C21H20ClF2N3O2. The summed E-state index contributed by atoms with van der Waals surface area (Å²) < 4.78 is 31.2. The topological polar surface area (TPSA) is 67.0 Å². The third-order valence-electron chi connectivity index (χ3n) is 5.46. The monoisotopic (exact) mass is 419 g/mol. The Hall–Kier alpha value is -2.51. The average molecular weight is 420 g/mol. The molecule has 2 heterocycles. The molecular weight excluding hydrogens is 400 g/mol. The summed E-state index contributed by atoms with van der Waals surface area (Å²) in [5.41, 5.74) is 2.07. The largest absolute Gasteiger partial charge is 0.381 e. The van der Waals surface area contributed by atoms with Gasteiger partial charge in [-0.2, -0.15) is 0 Å². The van der Waals surface area contributed by atoms with Gasteiger partial charge in [-0.25, -0.2) is 13.8 Å². The van der Waals surface area contributed by atoms with Crippen molar-refractivity contribution in [2.75, 3.05) is 19.8 Å². The molecule has 0 spiro atoms. The summed E-state index contributed by atoms with van der Waals surface area (Å²) in [6.07, 6.45) is -1.12. The minimum Gasteiger partial charge on any atom is -0.381 e. The van der Waals surface area contributed by atoms with E-state index in [0.29, 0.717) is 41.4 Å². The van der Waals surface area contributed by atoms with Gasteiger partial charge in [0.1, 0.15) is 0 Å². The predicted molar refractivity (Wildman–Crippen MR) is 107 cm³/mol. The van der Waals surface area contributed by atoms with Gasteiger partial charge < -0.3 is 15.0 Å². The number of amides is 1. The van der Waals surface area contributed by atoms with Gasteiger partial charge in [0.15, 0.2) is 5.82 Å². The Bertz CT molecular complexity index is 1010. The molecule has 0 bridgehead atoms. The van der Waals surface area contributed by atoms with Crippen LogP contribution in [-0.4, -0.2) is 35.6 Å². The predicted octanol–water partition coefficient (Wildman–Crippen LogP) is 4.63. The Balaban J connectivity index is 1.53. The minimum atomic E-state index is -2.69. The van der Waals surface area contributed by atoms with E-state index in [-0.39, 0.29) is 11.3 Å². The number of ether oxygens (including phenoxy) is 1. The van der Waals surface area contributed by atoms with Crippen LogP contribution in [0.3, 0.4) is 0 Å². The Kier molecular flexibility index (Phi) is 5.52. The van der Waals surface area contributed by atoms with Crippen LogP contribution in [0.2, 0.25) is 5.02 Å². The second kappa shape index (κ2) is 8.08. The highest BCUT2D eigenvalue weighted by Gasteiger charge is 2.35. The zero-order valence-electron chi connectivity index (χ0n) is 15.6. The standard InChI is InChI=1S/C21H20ClF2N3O2/c22-15-4-2-14(3-5-15)21(7-9-29-10-8-21)12-25-20(28)13-1-6-16-17(11-13)27-19(26-16)18(23)24/h1-6,11,18H,7-10,12H2,(H,25,28)(H,26,27). The number of rotatable bonds is 5. The second-order valence-electron chi connectivity index (χ2n) is 7.24. The molecule has 1 aliphatic heterocycles. The molecule has 8 heteroatoms. The number of fused-ring (bicyclic) bond motifs is 1. The fraction of sp³-hybridized carbons (Fsp3) is 0.333. The third-order valence-corrected chi connectivity index (χ3v) is 5.71. The number of carbonyl (C=O) groups excluding carboxylic acids is 1. The number of nitrogens with zero attached hydrogens (tertiary/aromatic N) is 1. The van der Waals surface area contributed by atoms with Crippen LogP contribution in [0.25, 0.3) is 11.0 Å². The Morgan fingerprint density at radius 1 is 1.21 bits per heavy atom. The molecule has 0 radical (unpaired) electrons. The number of halogens is 3. The van der Waals surface area contributed by atoms with E-state index in [2.05, 4.69) is 15.3 Å². The number of hydrogen-bond acceptors (Lipinski definition) is 3. The first kappa shape index (κ1) is 19.8. The number of H-pyrrole nitrogens is 1. The number of aromatic nitrogens is 2. The van der Waals surface area contributed by atoms with Crippen LogP contribution in [0.1, 0.15) is 41.0 Å². The molecule has 1 amide bonds. The lowest BCUT2D eigenvalue weighted by Crippen LogP contribution is -2.44. The van der Waals surface area contributed by atoms with Crippen molar-refractivity contribution in [3.05, 3.63) is 64.4 Å². The SMILES string of the molecule is O=C(NCC1(c2ccc(Cl)cc2)CCOCC1)c1ccc2nc(C(F)F)[nH]c2c1. The summed E-state index contributed by atoms with van der Waals surface area (Å²) in [5, 5.41) is 3.67.